The number of ether oxygens (including phenoxy) is 1. The number of fused-ring (bicyclic) bond motifs is 1. The van der Waals surface area contributed by atoms with E-state index in [2.05, 4.69) is 15.1 Å². The van der Waals surface area contributed by atoms with Gasteiger partial charge in [-0.05, 0) is 17.7 Å². The van der Waals surface area contributed by atoms with E-state index in [0.717, 1.165) is 5.56 Å². The number of hydrogen-bond donors (Lipinski definition) is 2. The molecule has 108 valence electrons. The number of aromatic nitrogens is 3. The molecule has 0 saturated heterocycles. The Bertz CT molecular complexity index is 738. The molecule has 0 radical (unpaired) electrons. The van der Waals surface area contributed by atoms with Crippen LogP contribution in [0.2, 0.25) is 0 Å². The number of aliphatic carboxylic acids is 1. The van der Waals surface area contributed by atoms with Crippen molar-refractivity contribution in [1.82, 2.24) is 14.8 Å². The van der Waals surface area contributed by atoms with Crippen LogP contribution in [-0.2, 0) is 4.79 Å². The van der Waals surface area contributed by atoms with Gasteiger partial charge in [-0.1, -0.05) is 6.07 Å². The number of hydrogen-bond acceptors (Lipinski definition) is 6. The standard InChI is InChI=1S/C13H12N4O4/c1-21-11-4-7(2-3-10(11)18)9-5-8(12(19)20)16-13-14-6-15-17(9)13/h2-4,6,9,18H,5H2,1H3,(H,19,20). The molecule has 0 bridgehead atoms. The van der Waals surface area contributed by atoms with E-state index in [1.54, 1.807) is 16.8 Å². The normalized spacial score (nSPS) is 17.0. The van der Waals surface area contributed by atoms with E-state index >= 15 is 0 Å². The Morgan fingerprint density at radius 2 is 2.29 bits per heavy atom. The first-order valence-electron chi connectivity index (χ1n) is 6.17. The molecular formula is C13H12N4O4. The molecule has 1 unspecified atom stereocenters. The second kappa shape index (κ2) is 4.89. The van der Waals surface area contributed by atoms with Crippen molar-refractivity contribution in [2.45, 2.75) is 12.5 Å². The highest BCUT2D eigenvalue weighted by Crippen LogP contribution is 2.35. The van der Waals surface area contributed by atoms with Gasteiger partial charge in [0, 0.05) is 6.42 Å². The van der Waals surface area contributed by atoms with Crippen molar-refractivity contribution in [3.63, 3.8) is 0 Å². The lowest BCUT2D eigenvalue weighted by atomic mass is 9.99. The van der Waals surface area contributed by atoms with E-state index < -0.39 is 5.97 Å². The van der Waals surface area contributed by atoms with Crippen LogP contribution in [0, 0.1) is 0 Å². The van der Waals surface area contributed by atoms with E-state index in [0.29, 0.717) is 5.75 Å². The van der Waals surface area contributed by atoms with Crippen LogP contribution in [0.1, 0.15) is 18.0 Å². The highest BCUT2D eigenvalue weighted by Gasteiger charge is 2.29. The Hall–Kier alpha value is -2.90. The molecule has 0 amide bonds. The van der Waals surface area contributed by atoms with Gasteiger partial charge in [-0.2, -0.15) is 10.1 Å². The molecule has 2 N–H and O–H groups in total. The van der Waals surface area contributed by atoms with Gasteiger partial charge in [-0.25, -0.2) is 14.5 Å². The monoisotopic (exact) mass is 288 g/mol. The first-order chi connectivity index (χ1) is 10.1. The van der Waals surface area contributed by atoms with Crippen molar-refractivity contribution < 1.29 is 19.7 Å². The predicted octanol–water partition coefficient (Wildman–Crippen LogP) is 1.14. The Kier molecular flexibility index (Phi) is 3.05. The van der Waals surface area contributed by atoms with Gasteiger partial charge < -0.3 is 14.9 Å². The first-order valence-corrected chi connectivity index (χ1v) is 6.17. The molecule has 1 aromatic carbocycles. The summed E-state index contributed by atoms with van der Waals surface area (Å²) in [5.41, 5.74) is 0.776. The number of carbonyl (C=O) groups is 1. The molecule has 3 rings (SSSR count). The topological polar surface area (TPSA) is 110 Å². The van der Waals surface area contributed by atoms with Gasteiger partial charge in [-0.15, -0.1) is 0 Å². The fraction of sp³-hybridized carbons (Fsp3) is 0.231. The minimum atomic E-state index is -1.08. The van der Waals surface area contributed by atoms with Crippen LogP contribution in [0.25, 0.3) is 0 Å². The van der Waals surface area contributed by atoms with Crippen LogP contribution >= 0.6 is 0 Å². The SMILES string of the molecule is COc1cc(C2CC(C(=O)O)=Nc3ncnn32)ccc1O. The van der Waals surface area contributed by atoms with Crippen molar-refractivity contribution in [3.8, 4) is 11.5 Å². The van der Waals surface area contributed by atoms with E-state index in [-0.39, 0.29) is 29.9 Å². The van der Waals surface area contributed by atoms with E-state index in [4.69, 9.17) is 9.84 Å². The molecule has 0 fully saturated rings. The lowest BCUT2D eigenvalue weighted by Crippen LogP contribution is -2.25. The fourth-order valence-corrected chi connectivity index (χ4v) is 2.28. The molecule has 2 aromatic rings. The van der Waals surface area contributed by atoms with Crippen LogP contribution in [0.3, 0.4) is 0 Å². The number of carboxylic acid groups (broad SMARTS) is 1. The third kappa shape index (κ3) is 2.20. The average Bonchev–Trinajstić information content (AvgIpc) is 2.95. The Labute approximate surface area is 119 Å². The molecule has 8 heteroatoms. The largest absolute Gasteiger partial charge is 0.504 e. The summed E-state index contributed by atoms with van der Waals surface area (Å²) >= 11 is 0. The lowest BCUT2D eigenvalue weighted by molar-refractivity contribution is -0.129. The second-order valence-corrected chi connectivity index (χ2v) is 4.52. The summed E-state index contributed by atoms with van der Waals surface area (Å²) in [6.45, 7) is 0. The molecule has 1 aliphatic rings. The van der Waals surface area contributed by atoms with E-state index in [1.165, 1.54) is 19.5 Å². The van der Waals surface area contributed by atoms with Gasteiger partial charge in [0.25, 0.3) is 0 Å². The number of phenols is 1. The number of carboxylic acids is 1. The second-order valence-electron chi connectivity index (χ2n) is 4.52. The maximum Gasteiger partial charge on any atom is 0.350 e. The Morgan fingerprint density at radius 3 is 3.00 bits per heavy atom. The summed E-state index contributed by atoms with van der Waals surface area (Å²) in [5, 5.41) is 22.9. The van der Waals surface area contributed by atoms with Crippen LogP contribution in [0.15, 0.2) is 29.5 Å². The maximum atomic E-state index is 11.2. The molecule has 0 aliphatic carbocycles. The van der Waals surface area contributed by atoms with Crippen molar-refractivity contribution in [1.29, 1.82) is 0 Å². The minimum absolute atomic E-state index is 0.0167. The first kappa shape index (κ1) is 13.1. The summed E-state index contributed by atoms with van der Waals surface area (Å²) in [6.07, 6.45) is 1.51. The van der Waals surface area contributed by atoms with Crippen molar-refractivity contribution in [2.75, 3.05) is 7.11 Å². The molecule has 21 heavy (non-hydrogen) atoms. The third-order valence-corrected chi connectivity index (χ3v) is 3.31. The number of rotatable bonds is 3. The summed E-state index contributed by atoms with van der Waals surface area (Å²) in [4.78, 5) is 19.1. The number of aromatic hydroxyl groups is 1. The summed E-state index contributed by atoms with van der Waals surface area (Å²) in [6, 6.07) is 4.48. The highest BCUT2D eigenvalue weighted by atomic mass is 16.5. The van der Waals surface area contributed by atoms with Gasteiger partial charge in [0.1, 0.15) is 12.0 Å². The molecule has 1 aromatic heterocycles. The molecule has 0 saturated carbocycles. The van der Waals surface area contributed by atoms with Gasteiger partial charge in [0.15, 0.2) is 11.5 Å². The number of methoxy groups -OCH3 is 1. The van der Waals surface area contributed by atoms with Gasteiger partial charge in [0.05, 0.1) is 13.2 Å². The average molecular weight is 288 g/mol. The summed E-state index contributed by atoms with van der Waals surface area (Å²) in [7, 11) is 1.45. The van der Waals surface area contributed by atoms with Gasteiger partial charge >= 0.3 is 5.97 Å². The van der Waals surface area contributed by atoms with Gasteiger partial charge in [0.2, 0.25) is 5.95 Å². The van der Waals surface area contributed by atoms with Crippen LogP contribution in [-0.4, -0.2) is 43.8 Å². The molecular weight excluding hydrogens is 276 g/mol. The zero-order valence-electron chi connectivity index (χ0n) is 11.1. The summed E-state index contributed by atoms with van der Waals surface area (Å²) in [5.74, 6) is -0.507. The van der Waals surface area contributed by atoms with E-state index in [1.807, 2.05) is 0 Å². The summed E-state index contributed by atoms with van der Waals surface area (Å²) < 4.78 is 6.63. The van der Waals surface area contributed by atoms with Crippen molar-refractivity contribution >= 4 is 17.6 Å². The Balaban J connectivity index is 2.07. The molecule has 2 heterocycles. The van der Waals surface area contributed by atoms with Crippen molar-refractivity contribution in [2.24, 2.45) is 4.99 Å². The fourth-order valence-electron chi connectivity index (χ4n) is 2.28. The van der Waals surface area contributed by atoms with Crippen LogP contribution in [0.4, 0.5) is 5.95 Å². The Morgan fingerprint density at radius 1 is 1.48 bits per heavy atom. The third-order valence-electron chi connectivity index (χ3n) is 3.31. The zero-order chi connectivity index (χ0) is 15.0. The number of nitrogens with zero attached hydrogens (tertiary/aromatic N) is 4. The maximum absolute atomic E-state index is 11.2. The van der Waals surface area contributed by atoms with Gasteiger partial charge in [-0.3, -0.25) is 0 Å². The number of phenolic OH excluding ortho intramolecular Hbond substituents is 1. The van der Waals surface area contributed by atoms with E-state index in [9.17, 15) is 9.90 Å². The predicted molar refractivity (Wildman–Crippen MR) is 72.2 cm³/mol. The molecule has 0 spiro atoms. The van der Waals surface area contributed by atoms with Crippen LogP contribution in [0.5, 0.6) is 11.5 Å². The highest BCUT2D eigenvalue weighted by molar-refractivity contribution is 6.36. The number of benzene rings is 1. The molecule has 8 nitrogen and oxygen atoms in total. The number of aliphatic imine (C=N–C) groups is 1. The molecule has 1 atom stereocenters. The van der Waals surface area contributed by atoms with Crippen LogP contribution < -0.4 is 4.74 Å². The van der Waals surface area contributed by atoms with Crippen molar-refractivity contribution in [3.05, 3.63) is 30.1 Å². The minimum Gasteiger partial charge on any atom is -0.504 e. The smallest absolute Gasteiger partial charge is 0.350 e. The zero-order valence-corrected chi connectivity index (χ0v) is 11.1. The lowest BCUT2D eigenvalue weighted by Gasteiger charge is -2.22. The quantitative estimate of drug-likeness (QED) is 0.876. The molecule has 1 aliphatic heterocycles.